The van der Waals surface area contributed by atoms with Crippen molar-refractivity contribution in [2.75, 3.05) is 13.1 Å². The van der Waals surface area contributed by atoms with Crippen molar-refractivity contribution in [3.05, 3.63) is 0 Å². The minimum atomic E-state index is -0.101. The van der Waals surface area contributed by atoms with Crippen LogP contribution >= 0.6 is 0 Å². The van der Waals surface area contributed by atoms with Gasteiger partial charge in [-0.3, -0.25) is 9.59 Å². The lowest BCUT2D eigenvalue weighted by atomic mass is 10.1. The summed E-state index contributed by atoms with van der Waals surface area (Å²) in [5.74, 6) is 0.241. The summed E-state index contributed by atoms with van der Waals surface area (Å²) in [7, 11) is 0. The Balaban J connectivity index is 2.17. The number of nitrogens with two attached hydrogens (primary N) is 1. The SMILES string of the molecule is CC(CC(=O)NCCCN)NC(=O)C1CCCC1. The van der Waals surface area contributed by atoms with Gasteiger partial charge < -0.3 is 16.4 Å². The van der Waals surface area contributed by atoms with E-state index in [1.807, 2.05) is 6.92 Å². The van der Waals surface area contributed by atoms with E-state index in [4.69, 9.17) is 5.73 Å². The monoisotopic (exact) mass is 255 g/mol. The normalized spacial score (nSPS) is 17.4. The molecule has 0 aromatic heterocycles. The van der Waals surface area contributed by atoms with E-state index in [1.54, 1.807) is 0 Å². The zero-order valence-corrected chi connectivity index (χ0v) is 11.2. The summed E-state index contributed by atoms with van der Waals surface area (Å²) in [5, 5.41) is 5.71. The first-order chi connectivity index (χ1) is 8.63. The molecule has 0 radical (unpaired) electrons. The predicted molar refractivity (Wildman–Crippen MR) is 70.9 cm³/mol. The van der Waals surface area contributed by atoms with E-state index in [-0.39, 0.29) is 23.8 Å². The summed E-state index contributed by atoms with van der Waals surface area (Å²) in [5.41, 5.74) is 5.34. The van der Waals surface area contributed by atoms with Crippen LogP contribution in [0.3, 0.4) is 0 Å². The largest absolute Gasteiger partial charge is 0.356 e. The van der Waals surface area contributed by atoms with Crippen LogP contribution in [0.2, 0.25) is 0 Å². The molecule has 5 heteroatoms. The Bertz CT molecular complexity index is 275. The minimum absolute atomic E-state index is 0.0253. The molecule has 0 heterocycles. The topological polar surface area (TPSA) is 84.2 Å². The van der Waals surface area contributed by atoms with Gasteiger partial charge in [0.25, 0.3) is 0 Å². The maximum atomic E-state index is 11.8. The standard InChI is InChI=1S/C13H25N3O2/c1-10(9-12(17)15-8-4-7-14)16-13(18)11-5-2-3-6-11/h10-11H,2-9,14H2,1H3,(H,15,17)(H,16,18). The lowest BCUT2D eigenvalue weighted by molar-refractivity contribution is -0.126. The van der Waals surface area contributed by atoms with E-state index in [1.165, 1.54) is 0 Å². The first-order valence-corrected chi connectivity index (χ1v) is 6.90. The molecule has 0 bridgehead atoms. The first kappa shape index (κ1) is 15.0. The van der Waals surface area contributed by atoms with Gasteiger partial charge >= 0.3 is 0 Å². The molecule has 0 saturated heterocycles. The van der Waals surface area contributed by atoms with Gasteiger partial charge in [0.05, 0.1) is 0 Å². The van der Waals surface area contributed by atoms with Crippen LogP contribution in [0.4, 0.5) is 0 Å². The van der Waals surface area contributed by atoms with Gasteiger partial charge in [-0.2, -0.15) is 0 Å². The van der Waals surface area contributed by atoms with Crippen molar-refractivity contribution in [3.8, 4) is 0 Å². The third kappa shape index (κ3) is 5.49. The first-order valence-electron chi connectivity index (χ1n) is 6.90. The second-order valence-electron chi connectivity index (χ2n) is 5.09. The van der Waals surface area contributed by atoms with Crippen molar-refractivity contribution >= 4 is 11.8 Å². The molecule has 1 saturated carbocycles. The maximum Gasteiger partial charge on any atom is 0.223 e. The van der Waals surface area contributed by atoms with Crippen LogP contribution in [0.25, 0.3) is 0 Å². The summed E-state index contributed by atoms with van der Waals surface area (Å²) in [6.07, 6.45) is 5.39. The van der Waals surface area contributed by atoms with Crippen LogP contribution in [-0.2, 0) is 9.59 Å². The average Bonchev–Trinajstić information content (AvgIpc) is 2.82. The van der Waals surface area contributed by atoms with Crippen molar-refractivity contribution in [2.24, 2.45) is 11.7 Å². The Morgan fingerprint density at radius 3 is 2.61 bits per heavy atom. The number of hydrogen-bond donors (Lipinski definition) is 3. The molecule has 5 nitrogen and oxygen atoms in total. The fourth-order valence-corrected chi connectivity index (χ4v) is 2.28. The molecule has 0 spiro atoms. The summed E-state index contributed by atoms with van der Waals surface area (Å²) < 4.78 is 0. The lowest BCUT2D eigenvalue weighted by Crippen LogP contribution is -2.40. The fourth-order valence-electron chi connectivity index (χ4n) is 2.28. The second kappa shape index (κ2) is 8.08. The Kier molecular flexibility index (Phi) is 6.72. The Labute approximate surface area is 109 Å². The van der Waals surface area contributed by atoms with Crippen molar-refractivity contribution in [1.29, 1.82) is 0 Å². The molecule has 1 atom stereocenters. The Morgan fingerprint density at radius 1 is 1.33 bits per heavy atom. The number of hydrogen-bond acceptors (Lipinski definition) is 3. The third-order valence-corrected chi connectivity index (χ3v) is 3.31. The van der Waals surface area contributed by atoms with Gasteiger partial charge in [-0.05, 0) is 32.7 Å². The second-order valence-corrected chi connectivity index (χ2v) is 5.09. The summed E-state index contributed by atoms with van der Waals surface area (Å²) >= 11 is 0. The number of nitrogens with one attached hydrogen (secondary N) is 2. The van der Waals surface area contributed by atoms with E-state index < -0.39 is 0 Å². The van der Waals surface area contributed by atoms with Crippen LogP contribution < -0.4 is 16.4 Å². The van der Waals surface area contributed by atoms with Crippen LogP contribution in [-0.4, -0.2) is 30.9 Å². The number of carbonyl (C=O) groups is 2. The molecule has 4 N–H and O–H groups in total. The zero-order valence-electron chi connectivity index (χ0n) is 11.2. The zero-order chi connectivity index (χ0) is 13.4. The molecule has 0 aromatic rings. The van der Waals surface area contributed by atoms with Gasteiger partial charge in [0.1, 0.15) is 0 Å². The maximum absolute atomic E-state index is 11.8. The Hall–Kier alpha value is -1.10. The summed E-state index contributed by atoms with van der Waals surface area (Å²) in [6.45, 7) is 3.06. The summed E-state index contributed by atoms with van der Waals surface area (Å²) in [4.78, 5) is 23.4. The molecule has 0 aliphatic heterocycles. The molecule has 1 fully saturated rings. The highest BCUT2D eigenvalue weighted by Gasteiger charge is 2.23. The molecule has 1 aliphatic carbocycles. The van der Waals surface area contributed by atoms with E-state index in [2.05, 4.69) is 10.6 Å². The van der Waals surface area contributed by atoms with E-state index in [0.717, 1.165) is 32.1 Å². The number of amides is 2. The highest BCUT2D eigenvalue weighted by molar-refractivity contribution is 5.81. The van der Waals surface area contributed by atoms with Crippen molar-refractivity contribution in [1.82, 2.24) is 10.6 Å². The van der Waals surface area contributed by atoms with Gasteiger partial charge in [0.15, 0.2) is 0 Å². The van der Waals surface area contributed by atoms with Crippen LogP contribution in [0.5, 0.6) is 0 Å². The van der Waals surface area contributed by atoms with Gasteiger partial charge in [0.2, 0.25) is 11.8 Å². The van der Waals surface area contributed by atoms with E-state index >= 15 is 0 Å². The molecular formula is C13H25N3O2. The number of rotatable bonds is 7. The summed E-state index contributed by atoms with van der Waals surface area (Å²) in [6, 6.07) is -0.101. The highest BCUT2D eigenvalue weighted by atomic mass is 16.2. The van der Waals surface area contributed by atoms with Gasteiger partial charge in [-0.25, -0.2) is 0 Å². The Morgan fingerprint density at radius 2 is 2.00 bits per heavy atom. The van der Waals surface area contributed by atoms with Gasteiger partial charge in [-0.1, -0.05) is 12.8 Å². The molecule has 1 rings (SSSR count). The van der Waals surface area contributed by atoms with E-state index in [0.29, 0.717) is 19.5 Å². The molecule has 1 aliphatic rings. The molecule has 104 valence electrons. The van der Waals surface area contributed by atoms with Crippen molar-refractivity contribution < 1.29 is 9.59 Å². The van der Waals surface area contributed by atoms with Crippen LogP contribution in [0.15, 0.2) is 0 Å². The van der Waals surface area contributed by atoms with Gasteiger partial charge in [0, 0.05) is 24.9 Å². The lowest BCUT2D eigenvalue weighted by Gasteiger charge is -2.16. The number of carbonyl (C=O) groups excluding carboxylic acids is 2. The average molecular weight is 255 g/mol. The van der Waals surface area contributed by atoms with E-state index in [9.17, 15) is 9.59 Å². The molecule has 18 heavy (non-hydrogen) atoms. The molecule has 2 amide bonds. The van der Waals surface area contributed by atoms with Crippen molar-refractivity contribution in [2.45, 2.75) is 51.5 Å². The van der Waals surface area contributed by atoms with Crippen molar-refractivity contribution in [3.63, 3.8) is 0 Å². The highest BCUT2D eigenvalue weighted by Crippen LogP contribution is 2.24. The molecular weight excluding hydrogens is 230 g/mol. The molecule has 1 unspecified atom stereocenters. The predicted octanol–water partition coefficient (Wildman–Crippen LogP) is 0.536. The minimum Gasteiger partial charge on any atom is -0.356 e. The fraction of sp³-hybridized carbons (Fsp3) is 0.846. The van der Waals surface area contributed by atoms with Gasteiger partial charge in [-0.15, -0.1) is 0 Å². The smallest absolute Gasteiger partial charge is 0.223 e. The molecule has 0 aromatic carbocycles. The van der Waals surface area contributed by atoms with Crippen LogP contribution in [0, 0.1) is 5.92 Å². The third-order valence-electron chi connectivity index (χ3n) is 3.31. The quantitative estimate of drug-likeness (QED) is 0.580. The van der Waals surface area contributed by atoms with Crippen LogP contribution in [0.1, 0.15) is 45.4 Å².